The lowest BCUT2D eigenvalue weighted by atomic mass is 10.2. The van der Waals surface area contributed by atoms with Gasteiger partial charge in [-0.25, -0.2) is 4.98 Å². The number of hydrogen-bond acceptors (Lipinski definition) is 4. The number of aromatic nitrogens is 1. The van der Waals surface area contributed by atoms with Gasteiger partial charge in [0.1, 0.15) is 0 Å². The summed E-state index contributed by atoms with van der Waals surface area (Å²) in [6, 6.07) is 0. The van der Waals surface area contributed by atoms with Crippen LogP contribution in [-0.2, 0) is 12.8 Å². The van der Waals surface area contributed by atoms with Gasteiger partial charge in [0.2, 0.25) is 0 Å². The van der Waals surface area contributed by atoms with Crippen molar-refractivity contribution in [3.05, 3.63) is 10.6 Å². The molecule has 0 amide bonds. The van der Waals surface area contributed by atoms with Crippen molar-refractivity contribution in [3.8, 4) is 5.19 Å². The first-order valence-electron chi connectivity index (χ1n) is 4.13. The highest BCUT2D eigenvalue weighted by Gasteiger charge is 2.13. The van der Waals surface area contributed by atoms with Crippen LogP contribution in [0.4, 0.5) is 0 Å². The van der Waals surface area contributed by atoms with Gasteiger partial charge < -0.3 is 10.1 Å². The van der Waals surface area contributed by atoms with E-state index in [-0.39, 0.29) is 0 Å². The van der Waals surface area contributed by atoms with E-state index in [0.29, 0.717) is 0 Å². The standard InChI is InChI=1S/C8H12N2OS/c1-11-8-10-6-2-4-9-5-3-7(6)12-8/h9H,2-5H2,1H3. The molecule has 0 saturated carbocycles. The lowest BCUT2D eigenvalue weighted by Crippen LogP contribution is -2.16. The van der Waals surface area contributed by atoms with Gasteiger partial charge in [-0.1, -0.05) is 11.3 Å². The Labute approximate surface area is 75.8 Å². The van der Waals surface area contributed by atoms with E-state index in [2.05, 4.69) is 10.3 Å². The maximum Gasteiger partial charge on any atom is 0.273 e. The molecule has 2 rings (SSSR count). The van der Waals surface area contributed by atoms with Gasteiger partial charge in [-0.2, -0.15) is 0 Å². The third kappa shape index (κ3) is 1.44. The van der Waals surface area contributed by atoms with Crippen LogP contribution in [0.15, 0.2) is 0 Å². The summed E-state index contributed by atoms with van der Waals surface area (Å²) in [4.78, 5) is 5.77. The average Bonchev–Trinajstić information content (AvgIpc) is 2.37. The number of hydrogen-bond donors (Lipinski definition) is 1. The molecule has 1 aromatic heterocycles. The van der Waals surface area contributed by atoms with E-state index in [4.69, 9.17) is 4.74 Å². The van der Waals surface area contributed by atoms with Crippen LogP contribution >= 0.6 is 11.3 Å². The monoisotopic (exact) mass is 184 g/mol. The summed E-state index contributed by atoms with van der Waals surface area (Å²) in [6.45, 7) is 2.11. The Hall–Kier alpha value is -0.610. The quantitative estimate of drug-likeness (QED) is 0.702. The predicted molar refractivity (Wildman–Crippen MR) is 48.9 cm³/mol. The van der Waals surface area contributed by atoms with Crippen molar-refractivity contribution in [2.24, 2.45) is 0 Å². The van der Waals surface area contributed by atoms with E-state index in [9.17, 15) is 0 Å². The first-order valence-corrected chi connectivity index (χ1v) is 4.95. The minimum atomic E-state index is 0.807. The van der Waals surface area contributed by atoms with Gasteiger partial charge in [-0.15, -0.1) is 0 Å². The van der Waals surface area contributed by atoms with Gasteiger partial charge in [0.25, 0.3) is 5.19 Å². The van der Waals surface area contributed by atoms with Crippen molar-refractivity contribution in [1.29, 1.82) is 0 Å². The van der Waals surface area contributed by atoms with Gasteiger partial charge in [0.15, 0.2) is 0 Å². The summed E-state index contributed by atoms with van der Waals surface area (Å²) in [5.74, 6) is 0. The summed E-state index contributed by atoms with van der Waals surface area (Å²) in [5.41, 5.74) is 1.22. The lowest BCUT2D eigenvalue weighted by Gasteiger charge is -1.94. The molecule has 0 bridgehead atoms. The molecule has 0 spiro atoms. The molecule has 0 fully saturated rings. The lowest BCUT2D eigenvalue weighted by molar-refractivity contribution is 0.410. The highest BCUT2D eigenvalue weighted by molar-refractivity contribution is 7.13. The first kappa shape index (κ1) is 8.01. The topological polar surface area (TPSA) is 34.1 Å². The molecular formula is C8H12N2OS. The minimum Gasteiger partial charge on any atom is -0.473 e. The van der Waals surface area contributed by atoms with Crippen LogP contribution in [-0.4, -0.2) is 25.2 Å². The van der Waals surface area contributed by atoms with E-state index in [1.165, 1.54) is 10.6 Å². The van der Waals surface area contributed by atoms with Crippen molar-refractivity contribution in [3.63, 3.8) is 0 Å². The number of methoxy groups -OCH3 is 1. The van der Waals surface area contributed by atoms with Crippen molar-refractivity contribution >= 4 is 11.3 Å². The Morgan fingerprint density at radius 1 is 1.42 bits per heavy atom. The fraction of sp³-hybridized carbons (Fsp3) is 0.625. The first-order chi connectivity index (χ1) is 5.90. The molecule has 0 aromatic carbocycles. The summed E-state index contributed by atoms with van der Waals surface area (Å²) < 4.78 is 5.09. The van der Waals surface area contributed by atoms with Gasteiger partial charge in [-0.05, 0) is 6.42 Å². The average molecular weight is 184 g/mol. The van der Waals surface area contributed by atoms with Crippen LogP contribution in [0.25, 0.3) is 0 Å². The Morgan fingerprint density at radius 3 is 3.08 bits per heavy atom. The number of rotatable bonds is 1. The molecule has 1 aromatic rings. The maximum atomic E-state index is 5.09. The summed E-state index contributed by atoms with van der Waals surface area (Å²) in [7, 11) is 1.68. The van der Waals surface area contributed by atoms with E-state index >= 15 is 0 Å². The van der Waals surface area contributed by atoms with Crippen molar-refractivity contribution in [2.45, 2.75) is 12.8 Å². The second-order valence-corrected chi connectivity index (χ2v) is 3.85. The van der Waals surface area contributed by atoms with Crippen LogP contribution < -0.4 is 10.1 Å². The molecule has 0 saturated heterocycles. The number of fused-ring (bicyclic) bond motifs is 1. The van der Waals surface area contributed by atoms with E-state index < -0.39 is 0 Å². The van der Waals surface area contributed by atoms with Gasteiger partial charge in [0.05, 0.1) is 12.8 Å². The highest BCUT2D eigenvalue weighted by Crippen LogP contribution is 2.26. The largest absolute Gasteiger partial charge is 0.473 e. The molecule has 3 nitrogen and oxygen atoms in total. The van der Waals surface area contributed by atoms with Crippen molar-refractivity contribution in [1.82, 2.24) is 10.3 Å². The second-order valence-electron chi connectivity index (χ2n) is 2.80. The summed E-state index contributed by atoms with van der Waals surface area (Å²) in [5, 5.41) is 4.15. The number of nitrogens with zero attached hydrogens (tertiary/aromatic N) is 1. The molecule has 1 aliphatic heterocycles. The smallest absolute Gasteiger partial charge is 0.273 e. The highest BCUT2D eigenvalue weighted by atomic mass is 32.1. The predicted octanol–water partition coefficient (Wildman–Crippen LogP) is 0.840. The zero-order chi connectivity index (χ0) is 8.39. The molecule has 0 radical (unpaired) electrons. The Bertz CT molecular complexity index is 249. The number of thiazole rings is 1. The zero-order valence-corrected chi connectivity index (χ0v) is 7.91. The molecule has 12 heavy (non-hydrogen) atoms. The molecule has 66 valence electrons. The zero-order valence-electron chi connectivity index (χ0n) is 7.09. The molecule has 0 atom stereocenters. The fourth-order valence-electron chi connectivity index (χ4n) is 1.37. The van der Waals surface area contributed by atoms with Crippen molar-refractivity contribution < 1.29 is 4.74 Å². The van der Waals surface area contributed by atoms with Crippen LogP contribution in [0.5, 0.6) is 5.19 Å². The van der Waals surface area contributed by atoms with Gasteiger partial charge in [-0.3, -0.25) is 0 Å². The summed E-state index contributed by atoms with van der Waals surface area (Å²) >= 11 is 1.68. The van der Waals surface area contributed by atoms with E-state index in [0.717, 1.165) is 31.1 Å². The normalized spacial score (nSPS) is 16.8. The molecule has 0 aliphatic carbocycles. The molecular weight excluding hydrogens is 172 g/mol. The van der Waals surface area contributed by atoms with Gasteiger partial charge >= 0.3 is 0 Å². The fourth-order valence-corrected chi connectivity index (χ4v) is 2.29. The number of nitrogens with one attached hydrogen (secondary N) is 1. The molecule has 0 unspecified atom stereocenters. The van der Waals surface area contributed by atoms with Crippen LogP contribution in [0, 0.1) is 0 Å². The van der Waals surface area contributed by atoms with E-state index in [1.54, 1.807) is 18.4 Å². The molecule has 2 heterocycles. The molecule has 1 aliphatic rings. The van der Waals surface area contributed by atoms with Crippen molar-refractivity contribution in [2.75, 3.05) is 20.2 Å². The molecule has 1 N–H and O–H groups in total. The van der Waals surface area contributed by atoms with Gasteiger partial charge in [0, 0.05) is 24.4 Å². The SMILES string of the molecule is COc1nc2c(s1)CCNCC2. The third-order valence-corrected chi connectivity index (χ3v) is 3.12. The number of ether oxygens (including phenoxy) is 1. The Balaban J connectivity index is 2.26. The second kappa shape index (κ2) is 3.41. The Kier molecular flexibility index (Phi) is 2.28. The van der Waals surface area contributed by atoms with Crippen LogP contribution in [0.1, 0.15) is 10.6 Å². The van der Waals surface area contributed by atoms with Crippen LogP contribution in [0.3, 0.4) is 0 Å². The third-order valence-electron chi connectivity index (χ3n) is 2.00. The Morgan fingerprint density at radius 2 is 2.25 bits per heavy atom. The summed E-state index contributed by atoms with van der Waals surface area (Å²) in [6.07, 6.45) is 2.13. The van der Waals surface area contributed by atoms with E-state index in [1.807, 2.05) is 0 Å². The maximum absolute atomic E-state index is 5.09. The van der Waals surface area contributed by atoms with Crippen LogP contribution in [0.2, 0.25) is 0 Å². The molecule has 4 heteroatoms. The minimum absolute atomic E-state index is 0.807.